The Labute approximate surface area is 172 Å². The molecule has 1 aromatic heterocycles. The van der Waals surface area contributed by atoms with Gasteiger partial charge in [-0.3, -0.25) is 4.79 Å². The van der Waals surface area contributed by atoms with Gasteiger partial charge in [0.15, 0.2) is 6.10 Å². The van der Waals surface area contributed by atoms with E-state index in [-0.39, 0.29) is 5.92 Å². The van der Waals surface area contributed by atoms with Crippen molar-refractivity contribution in [2.75, 3.05) is 31.1 Å². The maximum atomic E-state index is 11.6. The lowest BCUT2D eigenvalue weighted by Crippen LogP contribution is -2.44. The quantitative estimate of drug-likeness (QED) is 0.540. The summed E-state index contributed by atoms with van der Waals surface area (Å²) in [5.41, 5.74) is -0.0409. The second-order valence-electron chi connectivity index (χ2n) is 8.80. The number of piperidine rings is 1. The molecule has 0 aromatic carbocycles. The van der Waals surface area contributed by atoms with Crippen molar-refractivity contribution in [1.29, 1.82) is 0 Å². The summed E-state index contributed by atoms with van der Waals surface area (Å²) in [5.74, 6) is 0.314. The fraction of sp³-hybridized carbons (Fsp3) is 0.737. The molecule has 0 bridgehead atoms. The number of aromatic nitrogens is 2. The van der Waals surface area contributed by atoms with Gasteiger partial charge in [-0.25, -0.2) is 9.97 Å². The number of rotatable bonds is 6. The van der Waals surface area contributed by atoms with Crippen LogP contribution in [-0.2, 0) is 14.1 Å². The van der Waals surface area contributed by atoms with Crippen LogP contribution in [0.1, 0.15) is 40.5 Å². The van der Waals surface area contributed by atoms with Gasteiger partial charge in [0.25, 0.3) is 5.91 Å². The highest BCUT2D eigenvalue weighted by Crippen LogP contribution is 2.36. The molecule has 1 amide bonds. The Kier molecular flexibility index (Phi) is 6.47. The smallest absolute Gasteiger partial charge is 0.399 e. The summed E-state index contributed by atoms with van der Waals surface area (Å²) in [6.45, 7) is 9.46. The van der Waals surface area contributed by atoms with E-state index >= 15 is 0 Å². The zero-order valence-electron chi connectivity index (χ0n) is 17.6. The van der Waals surface area contributed by atoms with E-state index in [1.165, 1.54) is 0 Å². The van der Waals surface area contributed by atoms with E-state index in [0.717, 1.165) is 24.8 Å². The van der Waals surface area contributed by atoms with Gasteiger partial charge < -0.3 is 29.7 Å². The highest BCUT2D eigenvalue weighted by atomic mass is 16.7. The Morgan fingerprint density at radius 3 is 2.52 bits per heavy atom. The van der Waals surface area contributed by atoms with Gasteiger partial charge in [0.2, 0.25) is 5.95 Å². The molecule has 0 radical (unpaired) electrons. The van der Waals surface area contributed by atoms with Crippen LogP contribution in [0.4, 0.5) is 5.95 Å². The van der Waals surface area contributed by atoms with Gasteiger partial charge in [0.1, 0.15) is 0 Å². The Bertz CT molecular complexity index is 699. The summed E-state index contributed by atoms with van der Waals surface area (Å²) >= 11 is 0. The van der Waals surface area contributed by atoms with E-state index in [2.05, 4.69) is 20.2 Å². The molecule has 10 heteroatoms. The lowest BCUT2D eigenvalue weighted by molar-refractivity contribution is -0.131. The monoisotopic (exact) mass is 406 g/mol. The number of carbonyl (C=O) groups excluding carboxylic acids is 1. The zero-order valence-corrected chi connectivity index (χ0v) is 17.6. The molecule has 2 aliphatic heterocycles. The number of hydrogen-bond donors (Lipinski definition) is 3. The van der Waals surface area contributed by atoms with Crippen LogP contribution < -0.4 is 15.7 Å². The molecule has 9 nitrogen and oxygen atoms in total. The first kappa shape index (κ1) is 22.0. The number of carbonyl (C=O) groups is 1. The molecule has 2 atom stereocenters. The van der Waals surface area contributed by atoms with E-state index in [0.29, 0.717) is 19.0 Å². The summed E-state index contributed by atoms with van der Waals surface area (Å²) in [7, 11) is -0.490. The van der Waals surface area contributed by atoms with E-state index in [1.54, 1.807) is 12.4 Å². The van der Waals surface area contributed by atoms with Crippen molar-refractivity contribution in [1.82, 2.24) is 15.3 Å². The topological polar surface area (TPSA) is 117 Å². The number of aliphatic hydroxyl groups excluding tert-OH is 2. The average Bonchev–Trinajstić information content (AvgIpc) is 2.93. The van der Waals surface area contributed by atoms with Crippen LogP contribution in [0, 0.1) is 5.92 Å². The number of aliphatic hydroxyl groups is 2. The SMILES string of the molecule is CC1(C)OB(c2cnc(N3CCC[C@@H](CNC(=O)[C@@H](O)CO)C3)nc2)OC1(C)C. The third-order valence-corrected chi connectivity index (χ3v) is 6.03. The van der Waals surface area contributed by atoms with Crippen LogP contribution in [0.5, 0.6) is 0 Å². The molecule has 3 rings (SSSR count). The molecule has 2 aliphatic rings. The van der Waals surface area contributed by atoms with Crippen molar-refractivity contribution in [2.45, 2.75) is 57.8 Å². The normalized spacial score (nSPS) is 24.4. The maximum Gasteiger partial charge on any atom is 0.498 e. The third kappa shape index (κ3) is 4.88. The molecule has 0 unspecified atom stereocenters. The van der Waals surface area contributed by atoms with E-state index in [4.69, 9.17) is 14.4 Å². The van der Waals surface area contributed by atoms with Crippen molar-refractivity contribution in [2.24, 2.45) is 5.92 Å². The van der Waals surface area contributed by atoms with Crippen LogP contribution >= 0.6 is 0 Å². The summed E-state index contributed by atoms with van der Waals surface area (Å²) in [6, 6.07) is 0. The molecule has 2 fully saturated rings. The molecule has 160 valence electrons. The fourth-order valence-electron chi connectivity index (χ4n) is 3.45. The van der Waals surface area contributed by atoms with Gasteiger partial charge in [-0.1, -0.05) is 0 Å². The predicted molar refractivity (Wildman–Crippen MR) is 109 cm³/mol. The van der Waals surface area contributed by atoms with Gasteiger partial charge in [-0.2, -0.15) is 0 Å². The Balaban J connectivity index is 1.58. The van der Waals surface area contributed by atoms with Crippen LogP contribution in [0.2, 0.25) is 0 Å². The molecule has 3 N–H and O–H groups in total. The summed E-state index contributed by atoms with van der Waals surface area (Å²) in [4.78, 5) is 22.8. The van der Waals surface area contributed by atoms with Crippen LogP contribution in [0.3, 0.4) is 0 Å². The first-order valence-corrected chi connectivity index (χ1v) is 10.1. The molecule has 2 saturated heterocycles. The minimum absolute atomic E-state index is 0.227. The van der Waals surface area contributed by atoms with E-state index in [1.807, 2.05) is 27.7 Å². The first-order chi connectivity index (χ1) is 13.6. The number of hydrogen-bond acceptors (Lipinski definition) is 8. The second-order valence-corrected chi connectivity index (χ2v) is 8.80. The summed E-state index contributed by atoms with van der Waals surface area (Å²) < 4.78 is 12.1. The predicted octanol–water partition coefficient (Wildman–Crippen LogP) is -0.538. The third-order valence-electron chi connectivity index (χ3n) is 6.03. The van der Waals surface area contributed by atoms with Crippen molar-refractivity contribution >= 4 is 24.4 Å². The minimum Gasteiger partial charge on any atom is -0.399 e. The maximum absolute atomic E-state index is 11.6. The second kappa shape index (κ2) is 8.55. The number of nitrogens with one attached hydrogen (secondary N) is 1. The number of nitrogens with zero attached hydrogens (tertiary/aromatic N) is 3. The lowest BCUT2D eigenvalue weighted by Gasteiger charge is -2.33. The van der Waals surface area contributed by atoms with Gasteiger partial charge in [-0.15, -0.1) is 0 Å². The fourth-order valence-corrected chi connectivity index (χ4v) is 3.45. The van der Waals surface area contributed by atoms with E-state index < -0.39 is 36.9 Å². The standard InChI is InChI=1S/C19H31BN4O5/c1-18(2)19(3,4)29-20(28-18)14-9-22-17(23-10-14)24-7-5-6-13(11-24)8-21-16(27)15(26)12-25/h9-10,13,15,25-26H,5-8,11-12H2,1-4H3,(H,21,27)/t13-,15-/m0/s1. The first-order valence-electron chi connectivity index (χ1n) is 10.1. The highest BCUT2D eigenvalue weighted by Gasteiger charge is 2.52. The molecule has 0 aliphatic carbocycles. The van der Waals surface area contributed by atoms with E-state index in [9.17, 15) is 9.90 Å². The van der Waals surface area contributed by atoms with Crippen LogP contribution in [0.25, 0.3) is 0 Å². The van der Waals surface area contributed by atoms with Crippen molar-refractivity contribution in [3.63, 3.8) is 0 Å². The van der Waals surface area contributed by atoms with Gasteiger partial charge in [-0.05, 0) is 46.5 Å². The summed E-state index contributed by atoms with van der Waals surface area (Å²) in [5, 5.41) is 20.9. The van der Waals surface area contributed by atoms with Gasteiger partial charge >= 0.3 is 7.12 Å². The van der Waals surface area contributed by atoms with Crippen molar-refractivity contribution in [3.8, 4) is 0 Å². The number of anilines is 1. The minimum atomic E-state index is -1.37. The summed E-state index contributed by atoms with van der Waals surface area (Å²) in [6.07, 6.45) is 4.05. The molecule has 3 heterocycles. The highest BCUT2D eigenvalue weighted by molar-refractivity contribution is 6.61. The molecular formula is C19H31BN4O5. The van der Waals surface area contributed by atoms with Crippen molar-refractivity contribution in [3.05, 3.63) is 12.4 Å². The van der Waals surface area contributed by atoms with Crippen LogP contribution in [-0.4, -0.2) is 76.8 Å². The Morgan fingerprint density at radius 2 is 1.93 bits per heavy atom. The van der Waals surface area contributed by atoms with Crippen molar-refractivity contribution < 1.29 is 24.3 Å². The van der Waals surface area contributed by atoms with Gasteiger partial charge in [0.05, 0.1) is 17.8 Å². The number of amides is 1. The van der Waals surface area contributed by atoms with Gasteiger partial charge in [0, 0.05) is 37.5 Å². The Morgan fingerprint density at radius 1 is 1.31 bits per heavy atom. The zero-order chi connectivity index (χ0) is 21.2. The van der Waals surface area contributed by atoms with Crippen LogP contribution in [0.15, 0.2) is 12.4 Å². The molecule has 0 saturated carbocycles. The Hall–Kier alpha value is -1.75. The largest absolute Gasteiger partial charge is 0.498 e. The lowest BCUT2D eigenvalue weighted by atomic mass is 9.81. The molecule has 1 aromatic rings. The molecular weight excluding hydrogens is 375 g/mol. The molecule has 0 spiro atoms. The average molecular weight is 406 g/mol. The molecule has 29 heavy (non-hydrogen) atoms.